The van der Waals surface area contributed by atoms with Crippen LogP contribution >= 0.6 is 11.9 Å². The first kappa shape index (κ1) is 8.36. The van der Waals surface area contributed by atoms with Crippen LogP contribution in [0.15, 0.2) is 17.2 Å². The summed E-state index contributed by atoms with van der Waals surface area (Å²) in [6, 6.07) is 3.86. The summed E-state index contributed by atoms with van der Waals surface area (Å²) < 4.78 is 0. The molecule has 0 aliphatic rings. The predicted octanol–water partition coefficient (Wildman–Crippen LogP) is 1.40. The highest BCUT2D eigenvalue weighted by Gasteiger charge is 1.97. The van der Waals surface area contributed by atoms with Crippen molar-refractivity contribution in [2.24, 2.45) is 5.14 Å². The molecule has 1 aromatic rings. The number of hydrogen-bond acceptors (Lipinski definition) is 4. The Morgan fingerprint density at radius 2 is 2.27 bits per heavy atom. The summed E-state index contributed by atoms with van der Waals surface area (Å²) in [4.78, 5) is 4.24. The first-order valence-electron chi connectivity index (χ1n) is 3.30. The molecule has 3 nitrogen and oxygen atoms in total. The van der Waals surface area contributed by atoms with E-state index in [2.05, 4.69) is 10.3 Å². The number of aryl methyl sites for hydroxylation is 1. The van der Waals surface area contributed by atoms with Crippen LogP contribution in [-0.2, 0) is 0 Å². The Hall–Kier alpha value is -0.740. The number of nitrogens with two attached hydrogens (primary N) is 1. The number of rotatable bonds is 2. The van der Waals surface area contributed by atoms with Gasteiger partial charge in [0.15, 0.2) is 0 Å². The molecule has 0 saturated heterocycles. The van der Waals surface area contributed by atoms with E-state index < -0.39 is 0 Å². The fourth-order valence-electron chi connectivity index (χ4n) is 0.868. The monoisotopic (exact) mass is 169 g/mol. The Morgan fingerprint density at radius 1 is 1.55 bits per heavy atom. The van der Waals surface area contributed by atoms with E-state index in [1.165, 1.54) is 0 Å². The summed E-state index contributed by atoms with van der Waals surface area (Å²) in [6.07, 6.45) is 0. The third-order valence-electron chi connectivity index (χ3n) is 1.45. The molecule has 1 heterocycles. The predicted molar refractivity (Wildman–Crippen MR) is 48.6 cm³/mol. The molecule has 11 heavy (non-hydrogen) atoms. The SMILES string of the molecule is CNc1ccc(SN)nc1C. The number of pyridine rings is 1. The molecule has 4 heteroatoms. The molecule has 3 N–H and O–H groups in total. The van der Waals surface area contributed by atoms with Gasteiger partial charge in [0, 0.05) is 7.05 Å². The van der Waals surface area contributed by atoms with E-state index in [0.29, 0.717) is 0 Å². The molecule has 0 aliphatic heterocycles. The molecule has 0 atom stereocenters. The van der Waals surface area contributed by atoms with Gasteiger partial charge in [0.2, 0.25) is 0 Å². The third-order valence-corrected chi connectivity index (χ3v) is 1.92. The molecule has 0 aromatic carbocycles. The number of nitrogens with one attached hydrogen (secondary N) is 1. The quantitative estimate of drug-likeness (QED) is 0.657. The lowest BCUT2D eigenvalue weighted by Gasteiger charge is -2.04. The van der Waals surface area contributed by atoms with Gasteiger partial charge in [-0.3, -0.25) is 5.14 Å². The van der Waals surface area contributed by atoms with E-state index >= 15 is 0 Å². The lowest BCUT2D eigenvalue weighted by molar-refractivity contribution is 1.06. The minimum absolute atomic E-state index is 0.849. The smallest absolute Gasteiger partial charge is 0.111 e. The van der Waals surface area contributed by atoms with E-state index in [4.69, 9.17) is 5.14 Å². The standard InChI is InChI=1S/C7H11N3S/c1-5-6(9-2)3-4-7(10-5)11-8/h3-4,9H,8H2,1-2H3. The van der Waals surface area contributed by atoms with E-state index in [1.54, 1.807) is 0 Å². The fraction of sp³-hybridized carbons (Fsp3) is 0.286. The maximum atomic E-state index is 5.34. The van der Waals surface area contributed by atoms with Crippen molar-refractivity contribution in [3.8, 4) is 0 Å². The average molecular weight is 169 g/mol. The molecule has 0 saturated carbocycles. The summed E-state index contributed by atoms with van der Waals surface area (Å²) in [5.41, 5.74) is 2.02. The second-order valence-electron chi connectivity index (χ2n) is 2.15. The zero-order valence-corrected chi connectivity index (χ0v) is 7.40. The first-order chi connectivity index (χ1) is 5.27. The summed E-state index contributed by atoms with van der Waals surface area (Å²) in [5.74, 6) is 0. The van der Waals surface area contributed by atoms with Crippen LogP contribution in [0.1, 0.15) is 5.69 Å². The molecule has 0 spiro atoms. The normalized spacial score (nSPS) is 9.73. The van der Waals surface area contributed by atoms with Gasteiger partial charge in [0.05, 0.1) is 11.4 Å². The van der Waals surface area contributed by atoms with Gasteiger partial charge in [-0.1, -0.05) is 0 Å². The van der Waals surface area contributed by atoms with Crippen LogP contribution in [0.4, 0.5) is 5.69 Å². The van der Waals surface area contributed by atoms with Gasteiger partial charge >= 0.3 is 0 Å². The topological polar surface area (TPSA) is 50.9 Å². The van der Waals surface area contributed by atoms with Crippen LogP contribution < -0.4 is 10.5 Å². The van der Waals surface area contributed by atoms with E-state index in [1.807, 2.05) is 26.1 Å². The Balaban J connectivity index is 2.99. The summed E-state index contributed by atoms with van der Waals surface area (Å²) >= 11 is 1.16. The minimum Gasteiger partial charge on any atom is -0.387 e. The largest absolute Gasteiger partial charge is 0.387 e. The van der Waals surface area contributed by atoms with Gasteiger partial charge in [0.25, 0.3) is 0 Å². The minimum atomic E-state index is 0.849. The molecule has 60 valence electrons. The van der Waals surface area contributed by atoms with Crippen molar-refractivity contribution in [3.63, 3.8) is 0 Å². The van der Waals surface area contributed by atoms with Gasteiger partial charge in [-0.05, 0) is 31.0 Å². The number of aromatic nitrogens is 1. The van der Waals surface area contributed by atoms with Crippen molar-refractivity contribution in [1.29, 1.82) is 0 Å². The Labute approximate surface area is 70.5 Å². The Kier molecular flexibility index (Phi) is 2.73. The number of hydrogen-bond donors (Lipinski definition) is 2. The highest BCUT2D eigenvalue weighted by Crippen LogP contribution is 2.15. The van der Waals surface area contributed by atoms with Crippen LogP contribution in [0.2, 0.25) is 0 Å². The molecular formula is C7H11N3S. The van der Waals surface area contributed by atoms with Crippen molar-refractivity contribution in [3.05, 3.63) is 17.8 Å². The molecule has 0 aliphatic carbocycles. The molecule has 0 bridgehead atoms. The van der Waals surface area contributed by atoms with Crippen molar-refractivity contribution in [2.45, 2.75) is 11.9 Å². The molecule has 0 fully saturated rings. The lowest BCUT2D eigenvalue weighted by atomic mass is 10.3. The van der Waals surface area contributed by atoms with Gasteiger partial charge < -0.3 is 5.32 Å². The summed E-state index contributed by atoms with van der Waals surface area (Å²) in [7, 11) is 1.87. The fourth-order valence-corrected chi connectivity index (χ4v) is 1.20. The van der Waals surface area contributed by atoms with E-state index in [9.17, 15) is 0 Å². The maximum Gasteiger partial charge on any atom is 0.111 e. The second kappa shape index (κ2) is 3.59. The zero-order valence-electron chi connectivity index (χ0n) is 6.59. The molecule has 0 amide bonds. The molecule has 0 radical (unpaired) electrons. The first-order valence-corrected chi connectivity index (χ1v) is 4.18. The molecule has 1 aromatic heterocycles. The highest BCUT2D eigenvalue weighted by atomic mass is 32.2. The Morgan fingerprint density at radius 3 is 2.73 bits per heavy atom. The van der Waals surface area contributed by atoms with Crippen molar-refractivity contribution in [2.75, 3.05) is 12.4 Å². The van der Waals surface area contributed by atoms with Crippen LogP contribution in [0, 0.1) is 6.92 Å². The number of anilines is 1. The van der Waals surface area contributed by atoms with Gasteiger partial charge in [-0.25, -0.2) is 4.98 Å². The summed E-state index contributed by atoms with van der Waals surface area (Å²) in [6.45, 7) is 1.95. The summed E-state index contributed by atoms with van der Waals surface area (Å²) in [5, 5.41) is 9.23. The van der Waals surface area contributed by atoms with Gasteiger partial charge in [-0.15, -0.1) is 0 Å². The molecular weight excluding hydrogens is 158 g/mol. The van der Waals surface area contributed by atoms with Crippen molar-refractivity contribution < 1.29 is 0 Å². The number of nitrogens with zero attached hydrogens (tertiary/aromatic N) is 1. The average Bonchev–Trinajstić information content (AvgIpc) is 2.04. The highest BCUT2D eigenvalue weighted by molar-refractivity contribution is 7.97. The zero-order chi connectivity index (χ0) is 8.27. The third kappa shape index (κ3) is 1.85. The van der Waals surface area contributed by atoms with Gasteiger partial charge in [-0.2, -0.15) is 0 Å². The van der Waals surface area contributed by atoms with E-state index in [-0.39, 0.29) is 0 Å². The van der Waals surface area contributed by atoms with Gasteiger partial charge in [0.1, 0.15) is 5.03 Å². The van der Waals surface area contributed by atoms with Crippen LogP contribution in [0.5, 0.6) is 0 Å². The van der Waals surface area contributed by atoms with Crippen molar-refractivity contribution in [1.82, 2.24) is 4.98 Å². The van der Waals surface area contributed by atoms with Crippen LogP contribution in [0.25, 0.3) is 0 Å². The van der Waals surface area contributed by atoms with Crippen LogP contribution in [-0.4, -0.2) is 12.0 Å². The second-order valence-corrected chi connectivity index (χ2v) is 2.80. The maximum absolute atomic E-state index is 5.34. The lowest BCUT2D eigenvalue weighted by Crippen LogP contribution is -1.95. The Bertz CT molecular complexity index is 249. The van der Waals surface area contributed by atoms with Crippen molar-refractivity contribution >= 4 is 17.6 Å². The van der Waals surface area contributed by atoms with E-state index in [0.717, 1.165) is 28.4 Å². The molecule has 0 unspecified atom stereocenters. The van der Waals surface area contributed by atoms with Crippen LogP contribution in [0.3, 0.4) is 0 Å². The molecule has 1 rings (SSSR count).